The molecule has 194 valence electrons. The summed E-state index contributed by atoms with van der Waals surface area (Å²) in [5.41, 5.74) is -2.67. The van der Waals surface area contributed by atoms with Crippen molar-refractivity contribution in [3.05, 3.63) is 47.3 Å². The van der Waals surface area contributed by atoms with Crippen LogP contribution in [0.15, 0.2) is 30.6 Å². The highest BCUT2D eigenvalue weighted by Crippen LogP contribution is 2.40. The Balaban J connectivity index is 1.42. The van der Waals surface area contributed by atoms with Crippen LogP contribution in [0.1, 0.15) is 56.7 Å². The van der Waals surface area contributed by atoms with E-state index < -0.39 is 34.4 Å². The zero-order valence-electron chi connectivity index (χ0n) is 20.6. The minimum Gasteiger partial charge on any atom is -0.444 e. The van der Waals surface area contributed by atoms with E-state index in [2.05, 4.69) is 22.3 Å². The highest BCUT2D eigenvalue weighted by Gasteiger charge is 2.47. The molecule has 1 aliphatic carbocycles. The molecule has 11 heteroatoms. The topological polar surface area (TPSA) is 100 Å². The first-order chi connectivity index (χ1) is 17.3. The number of nitrogens with zero attached hydrogens (tertiary/aromatic N) is 4. The van der Waals surface area contributed by atoms with Gasteiger partial charge in [-0.15, -0.1) is 0 Å². The van der Waals surface area contributed by atoms with Gasteiger partial charge in [0.1, 0.15) is 11.1 Å². The van der Waals surface area contributed by atoms with Gasteiger partial charge in [0.2, 0.25) is 0 Å². The standard InChI is InChI=1S/C26H26F3N5O3/c1-24(2,3)37-23(36)33-14-18(15-33)6-5-17-13-31-34(16-17)25(9-4-10-25)22(35)32-20-8-7-19(12-30)21(11-20)26(27,28)29/h7-8,11,13,16,18H,4,9-10,14-15H2,1-3H3,(H,32,35). The Morgan fingerprint density at radius 2 is 1.92 bits per heavy atom. The van der Waals surface area contributed by atoms with Gasteiger partial charge in [-0.2, -0.15) is 23.5 Å². The molecule has 2 amide bonds. The zero-order chi connectivity index (χ0) is 27.0. The van der Waals surface area contributed by atoms with Gasteiger partial charge in [-0.25, -0.2) is 4.79 Å². The normalized spacial score (nSPS) is 16.9. The number of ether oxygens (including phenoxy) is 1. The lowest BCUT2D eigenvalue weighted by Crippen LogP contribution is -2.51. The first-order valence-corrected chi connectivity index (χ1v) is 11.8. The van der Waals surface area contributed by atoms with Crippen molar-refractivity contribution in [2.45, 2.75) is 57.3 Å². The van der Waals surface area contributed by atoms with Crippen molar-refractivity contribution in [3.8, 4) is 17.9 Å². The van der Waals surface area contributed by atoms with Crippen LogP contribution in [0, 0.1) is 29.1 Å². The van der Waals surface area contributed by atoms with Gasteiger partial charge in [-0.3, -0.25) is 9.48 Å². The number of hydrogen-bond acceptors (Lipinski definition) is 5. The molecule has 0 bridgehead atoms. The van der Waals surface area contributed by atoms with E-state index in [-0.39, 0.29) is 17.7 Å². The summed E-state index contributed by atoms with van der Waals surface area (Å²) in [5, 5.41) is 15.8. The van der Waals surface area contributed by atoms with Crippen LogP contribution >= 0.6 is 0 Å². The lowest BCUT2D eigenvalue weighted by Gasteiger charge is -2.40. The number of amides is 2. The number of rotatable bonds is 3. The maximum absolute atomic E-state index is 13.3. The lowest BCUT2D eigenvalue weighted by molar-refractivity contribution is -0.137. The summed E-state index contributed by atoms with van der Waals surface area (Å²) in [7, 11) is 0. The number of hydrogen-bond donors (Lipinski definition) is 1. The fourth-order valence-corrected chi connectivity index (χ4v) is 4.13. The average molecular weight is 514 g/mol. The second-order valence-electron chi connectivity index (χ2n) is 10.2. The Kier molecular flexibility index (Phi) is 6.68. The number of carbonyl (C=O) groups excluding carboxylic acids is 2. The molecule has 8 nitrogen and oxygen atoms in total. The number of alkyl halides is 3. The SMILES string of the molecule is CC(C)(C)OC(=O)N1CC(C#Cc2cnn(C3(C(=O)Nc4ccc(C#N)c(C(F)(F)F)c4)CCC3)c2)C1. The third-order valence-electron chi connectivity index (χ3n) is 6.28. The predicted molar refractivity (Wildman–Crippen MR) is 127 cm³/mol. The number of anilines is 1. The van der Waals surface area contributed by atoms with Crippen molar-refractivity contribution in [1.82, 2.24) is 14.7 Å². The van der Waals surface area contributed by atoms with Crippen LogP contribution in [0.4, 0.5) is 23.7 Å². The fraction of sp³-hybridized carbons (Fsp3) is 0.462. The van der Waals surface area contributed by atoms with Gasteiger partial charge >= 0.3 is 12.3 Å². The Labute approximate surface area is 212 Å². The molecule has 2 fully saturated rings. The van der Waals surface area contributed by atoms with Gasteiger partial charge in [-0.1, -0.05) is 11.8 Å². The highest BCUT2D eigenvalue weighted by molar-refractivity contribution is 5.97. The van der Waals surface area contributed by atoms with Gasteiger partial charge in [0.15, 0.2) is 0 Å². The van der Waals surface area contributed by atoms with Crippen LogP contribution in [0.5, 0.6) is 0 Å². The highest BCUT2D eigenvalue weighted by atomic mass is 19.4. The Morgan fingerprint density at radius 1 is 1.22 bits per heavy atom. The molecule has 1 aliphatic heterocycles. The van der Waals surface area contributed by atoms with Crippen LogP contribution in [0.2, 0.25) is 0 Å². The van der Waals surface area contributed by atoms with E-state index in [4.69, 9.17) is 10.00 Å². The molecular formula is C26H26F3N5O3. The van der Waals surface area contributed by atoms with Crippen LogP contribution in [0.3, 0.4) is 0 Å². The molecule has 1 N–H and O–H groups in total. The number of nitrogens with one attached hydrogen (secondary N) is 1. The number of nitriles is 1. The molecule has 0 unspecified atom stereocenters. The minimum atomic E-state index is -4.72. The first kappa shape index (κ1) is 26.1. The van der Waals surface area contributed by atoms with Crippen molar-refractivity contribution < 1.29 is 27.5 Å². The first-order valence-electron chi connectivity index (χ1n) is 11.8. The van der Waals surface area contributed by atoms with E-state index >= 15 is 0 Å². The summed E-state index contributed by atoms with van der Waals surface area (Å²) in [4.78, 5) is 26.8. The van der Waals surface area contributed by atoms with Crippen LogP contribution < -0.4 is 5.32 Å². The summed E-state index contributed by atoms with van der Waals surface area (Å²) in [6.45, 7) is 6.34. The number of benzene rings is 1. The predicted octanol–water partition coefficient (Wildman–Crippen LogP) is 4.51. The monoisotopic (exact) mass is 513 g/mol. The van der Waals surface area contributed by atoms with Crippen molar-refractivity contribution in [2.24, 2.45) is 5.92 Å². The van der Waals surface area contributed by atoms with E-state index in [9.17, 15) is 22.8 Å². The van der Waals surface area contributed by atoms with Crippen molar-refractivity contribution in [1.29, 1.82) is 5.26 Å². The number of likely N-dealkylation sites (tertiary alicyclic amines) is 1. The average Bonchev–Trinajstić information content (AvgIpc) is 3.18. The van der Waals surface area contributed by atoms with Gasteiger partial charge in [0, 0.05) is 25.0 Å². The second-order valence-corrected chi connectivity index (χ2v) is 10.2. The van der Waals surface area contributed by atoms with Crippen molar-refractivity contribution in [2.75, 3.05) is 18.4 Å². The summed E-state index contributed by atoms with van der Waals surface area (Å²) >= 11 is 0. The third-order valence-corrected chi connectivity index (χ3v) is 6.28. The molecule has 1 aromatic carbocycles. The Hall–Kier alpha value is -3.99. The van der Waals surface area contributed by atoms with Crippen molar-refractivity contribution >= 4 is 17.7 Å². The number of aromatic nitrogens is 2. The number of carbonyl (C=O) groups is 2. The molecule has 1 aromatic heterocycles. The van der Waals surface area contributed by atoms with Gasteiger partial charge in [0.05, 0.1) is 34.9 Å². The molecule has 0 radical (unpaired) electrons. The molecule has 1 saturated carbocycles. The van der Waals surface area contributed by atoms with Crippen LogP contribution in [-0.2, 0) is 21.2 Å². The van der Waals surface area contributed by atoms with Crippen molar-refractivity contribution in [3.63, 3.8) is 0 Å². The van der Waals surface area contributed by atoms with E-state index in [0.717, 1.165) is 18.6 Å². The molecule has 0 spiro atoms. The molecule has 2 aromatic rings. The molecule has 2 heterocycles. The smallest absolute Gasteiger partial charge is 0.417 e. The Morgan fingerprint density at radius 3 is 2.49 bits per heavy atom. The van der Waals surface area contributed by atoms with E-state index in [1.165, 1.54) is 23.0 Å². The van der Waals surface area contributed by atoms with Gasteiger partial charge < -0.3 is 15.0 Å². The molecule has 4 rings (SSSR count). The Bertz CT molecular complexity index is 1310. The summed E-state index contributed by atoms with van der Waals surface area (Å²) in [6.07, 6.45) is -0.199. The third kappa shape index (κ3) is 5.56. The maximum Gasteiger partial charge on any atom is 0.417 e. The summed E-state index contributed by atoms with van der Waals surface area (Å²) in [5.74, 6) is 5.63. The molecule has 1 saturated heterocycles. The molecule has 0 atom stereocenters. The summed E-state index contributed by atoms with van der Waals surface area (Å²) in [6, 6.07) is 4.60. The molecule has 37 heavy (non-hydrogen) atoms. The van der Waals surface area contributed by atoms with Gasteiger partial charge in [-0.05, 0) is 58.2 Å². The van der Waals surface area contributed by atoms with Gasteiger partial charge in [0.25, 0.3) is 5.91 Å². The quantitative estimate of drug-likeness (QED) is 0.609. The molecule has 2 aliphatic rings. The van der Waals surface area contributed by atoms with Crippen LogP contribution in [-0.4, -0.2) is 45.4 Å². The van der Waals surface area contributed by atoms with Crippen LogP contribution in [0.25, 0.3) is 0 Å². The lowest BCUT2D eigenvalue weighted by atomic mass is 9.76. The largest absolute Gasteiger partial charge is 0.444 e. The number of halogens is 3. The fourth-order valence-electron chi connectivity index (χ4n) is 4.13. The van der Waals surface area contributed by atoms with E-state index in [1.54, 1.807) is 31.9 Å². The second kappa shape index (κ2) is 9.47. The van der Waals surface area contributed by atoms with E-state index in [0.29, 0.717) is 31.5 Å². The molecular weight excluding hydrogens is 487 g/mol. The summed E-state index contributed by atoms with van der Waals surface area (Å²) < 4.78 is 46.7. The minimum absolute atomic E-state index is 0.00367. The van der Waals surface area contributed by atoms with E-state index in [1.807, 2.05) is 0 Å². The zero-order valence-corrected chi connectivity index (χ0v) is 20.6. The maximum atomic E-state index is 13.3.